The molecule has 0 rings (SSSR count). The molecule has 11 nitrogen and oxygen atoms in total. The van der Waals surface area contributed by atoms with Crippen LogP contribution >= 0.6 is 0 Å². The van der Waals surface area contributed by atoms with Gasteiger partial charge in [0, 0.05) is 6.61 Å². The van der Waals surface area contributed by atoms with E-state index in [4.69, 9.17) is 51.8 Å². The van der Waals surface area contributed by atoms with Crippen LogP contribution < -0.4 is 0 Å². The molecule has 0 saturated carbocycles. The number of unbranched alkanes of at least 4 members (excludes halogenated alkanes) is 10. The molecule has 0 N–H and O–H groups in total. The number of rotatable bonds is 43. The first-order chi connectivity index (χ1) is 24.8. The van der Waals surface area contributed by atoms with Gasteiger partial charge in [-0.05, 0) is 24.6 Å². The minimum Gasteiger partial charge on any atom is -0.414 e. The maximum absolute atomic E-state index is 6.09. The van der Waals surface area contributed by atoms with Crippen LogP contribution in [0.15, 0.2) is 0 Å². The van der Waals surface area contributed by atoms with Crippen molar-refractivity contribution in [1.82, 2.24) is 0 Å². The van der Waals surface area contributed by atoms with Crippen molar-refractivity contribution in [3.63, 3.8) is 0 Å². The molecule has 12 heteroatoms. The van der Waals surface area contributed by atoms with Crippen LogP contribution in [0.2, 0.25) is 18.1 Å². The molecule has 0 radical (unpaired) electrons. The summed E-state index contributed by atoms with van der Waals surface area (Å²) in [5.74, 6) is 0. The van der Waals surface area contributed by atoms with Crippen molar-refractivity contribution in [3.8, 4) is 0 Å². The first kappa shape index (κ1) is 50.8. The van der Waals surface area contributed by atoms with Gasteiger partial charge in [0.1, 0.15) is 0 Å². The summed E-state index contributed by atoms with van der Waals surface area (Å²) in [4.78, 5) is 0. The lowest BCUT2D eigenvalue weighted by molar-refractivity contribution is -0.0267. The summed E-state index contributed by atoms with van der Waals surface area (Å²) in [6.45, 7) is 25.5. The fraction of sp³-hybridized carbons (Fsp3) is 1.00. The Bertz CT molecular complexity index is 668. The molecule has 0 spiro atoms. The minimum absolute atomic E-state index is 0.220. The average Bonchev–Trinajstić information content (AvgIpc) is 3.10. The van der Waals surface area contributed by atoms with Crippen molar-refractivity contribution in [2.75, 3.05) is 139 Å². The van der Waals surface area contributed by atoms with Crippen LogP contribution in [0.3, 0.4) is 0 Å². The van der Waals surface area contributed by atoms with Crippen molar-refractivity contribution in [2.45, 2.75) is 116 Å². The minimum atomic E-state index is -1.70. The molecule has 0 amide bonds. The molecule has 0 bridgehead atoms. The van der Waals surface area contributed by atoms with E-state index in [9.17, 15) is 0 Å². The Kier molecular flexibility index (Phi) is 39.3. The van der Waals surface area contributed by atoms with Crippen molar-refractivity contribution in [3.05, 3.63) is 0 Å². The lowest BCUT2D eigenvalue weighted by Gasteiger charge is -2.36. The predicted molar refractivity (Wildman–Crippen MR) is 208 cm³/mol. The molecule has 51 heavy (non-hydrogen) atoms. The third kappa shape index (κ3) is 39.3. The van der Waals surface area contributed by atoms with E-state index < -0.39 is 8.32 Å². The molecular formula is C39H82O11Si. The molecule has 0 aromatic rings. The Labute approximate surface area is 314 Å². The molecule has 0 aromatic carbocycles. The average molecular weight is 755 g/mol. The van der Waals surface area contributed by atoms with Gasteiger partial charge >= 0.3 is 0 Å². The van der Waals surface area contributed by atoms with Crippen LogP contribution in [0.1, 0.15) is 98.3 Å². The monoisotopic (exact) mass is 755 g/mol. The van der Waals surface area contributed by atoms with Gasteiger partial charge in [0.05, 0.1) is 132 Å². The first-order valence-corrected chi connectivity index (χ1v) is 23.1. The summed E-state index contributed by atoms with van der Waals surface area (Å²) in [6, 6.07) is 0. The molecule has 0 aromatic heterocycles. The van der Waals surface area contributed by atoms with Crippen LogP contribution in [0.25, 0.3) is 0 Å². The molecule has 0 aliphatic carbocycles. The van der Waals surface area contributed by atoms with Gasteiger partial charge in [-0.2, -0.15) is 0 Å². The van der Waals surface area contributed by atoms with Gasteiger partial charge in [-0.3, -0.25) is 0 Å². The second-order valence-electron chi connectivity index (χ2n) is 14.3. The fourth-order valence-corrected chi connectivity index (χ4v) is 5.55. The van der Waals surface area contributed by atoms with E-state index >= 15 is 0 Å². The summed E-state index contributed by atoms with van der Waals surface area (Å²) in [5, 5.41) is 0.220. The van der Waals surface area contributed by atoms with Crippen LogP contribution in [0, 0.1) is 0 Å². The zero-order chi connectivity index (χ0) is 37.4. The second kappa shape index (κ2) is 39.5. The zero-order valence-corrected chi connectivity index (χ0v) is 35.1. The number of ether oxygens (including phenoxy) is 10. The van der Waals surface area contributed by atoms with E-state index in [2.05, 4.69) is 40.8 Å². The maximum Gasteiger partial charge on any atom is 0.192 e. The predicted octanol–water partition coefficient (Wildman–Crippen LogP) is 7.49. The topological polar surface area (TPSA) is 102 Å². The highest BCUT2D eigenvalue weighted by Gasteiger charge is 2.36. The molecule has 0 atom stereocenters. The summed E-state index contributed by atoms with van der Waals surface area (Å²) < 4.78 is 61.6. The Morgan fingerprint density at radius 2 is 0.510 bits per heavy atom. The third-order valence-corrected chi connectivity index (χ3v) is 13.3. The SMILES string of the molecule is CCCCCCCCCCCCCOCCOCCOCCOCCOCCOCCOCCOCCOCCOCCO[Si](C)(C)C(C)(C)C. The Morgan fingerprint density at radius 3 is 0.765 bits per heavy atom. The van der Waals surface area contributed by atoms with E-state index in [1.165, 1.54) is 64.2 Å². The second-order valence-corrected chi connectivity index (χ2v) is 19.1. The van der Waals surface area contributed by atoms with Crippen molar-refractivity contribution < 1.29 is 51.8 Å². The number of hydrogen-bond donors (Lipinski definition) is 0. The number of hydrogen-bond acceptors (Lipinski definition) is 11. The van der Waals surface area contributed by atoms with Crippen LogP contribution in [-0.2, 0) is 51.8 Å². The first-order valence-electron chi connectivity index (χ1n) is 20.2. The van der Waals surface area contributed by atoms with E-state index in [1.807, 2.05) is 0 Å². The highest BCUT2D eigenvalue weighted by Crippen LogP contribution is 2.36. The largest absolute Gasteiger partial charge is 0.414 e. The third-order valence-electron chi connectivity index (χ3n) is 8.74. The van der Waals surface area contributed by atoms with E-state index in [1.54, 1.807) is 0 Å². The Balaban J connectivity index is 3.11. The van der Waals surface area contributed by atoms with Crippen molar-refractivity contribution >= 4 is 8.32 Å². The van der Waals surface area contributed by atoms with E-state index in [0.29, 0.717) is 132 Å². The van der Waals surface area contributed by atoms with E-state index in [0.717, 1.165) is 13.0 Å². The summed E-state index contributed by atoms with van der Waals surface area (Å²) in [5.41, 5.74) is 0. The standard InChI is InChI=1S/C39H82O11Si/c1-7-8-9-10-11-12-13-14-15-16-17-18-40-19-20-41-21-22-42-23-24-43-25-26-44-27-28-45-29-30-46-31-32-47-33-34-48-35-36-49-37-38-50-51(5,6)39(2,3)4/h7-38H2,1-6H3. The van der Waals surface area contributed by atoms with Crippen molar-refractivity contribution in [2.24, 2.45) is 0 Å². The summed E-state index contributed by atoms with van der Waals surface area (Å²) in [7, 11) is -1.70. The normalized spacial score (nSPS) is 12.4. The lowest BCUT2D eigenvalue weighted by atomic mass is 10.1. The van der Waals surface area contributed by atoms with Gasteiger partial charge in [0.25, 0.3) is 0 Å². The smallest absolute Gasteiger partial charge is 0.192 e. The zero-order valence-electron chi connectivity index (χ0n) is 34.1. The van der Waals surface area contributed by atoms with Gasteiger partial charge in [-0.15, -0.1) is 0 Å². The van der Waals surface area contributed by atoms with Crippen LogP contribution in [0.4, 0.5) is 0 Å². The van der Waals surface area contributed by atoms with Crippen LogP contribution in [0.5, 0.6) is 0 Å². The Morgan fingerprint density at radius 1 is 0.294 bits per heavy atom. The van der Waals surface area contributed by atoms with Gasteiger partial charge in [-0.1, -0.05) is 91.9 Å². The van der Waals surface area contributed by atoms with Gasteiger partial charge in [0.2, 0.25) is 0 Å². The molecule has 0 saturated heterocycles. The lowest BCUT2D eigenvalue weighted by Crippen LogP contribution is -2.41. The highest BCUT2D eigenvalue weighted by atomic mass is 28.4. The molecule has 0 unspecified atom stereocenters. The van der Waals surface area contributed by atoms with Gasteiger partial charge in [-0.25, -0.2) is 0 Å². The van der Waals surface area contributed by atoms with Gasteiger partial charge in [0.15, 0.2) is 8.32 Å². The highest BCUT2D eigenvalue weighted by molar-refractivity contribution is 6.74. The molecule has 308 valence electrons. The van der Waals surface area contributed by atoms with Gasteiger partial charge < -0.3 is 51.8 Å². The molecular weight excluding hydrogens is 673 g/mol. The maximum atomic E-state index is 6.09. The van der Waals surface area contributed by atoms with E-state index in [-0.39, 0.29) is 5.04 Å². The molecule has 0 heterocycles. The molecule has 0 aliphatic rings. The fourth-order valence-electron chi connectivity index (χ4n) is 4.52. The van der Waals surface area contributed by atoms with Crippen LogP contribution in [-0.4, -0.2) is 147 Å². The quantitative estimate of drug-likeness (QED) is 0.0458. The molecule has 0 aliphatic heterocycles. The van der Waals surface area contributed by atoms with Crippen molar-refractivity contribution in [1.29, 1.82) is 0 Å². The summed E-state index contributed by atoms with van der Waals surface area (Å²) >= 11 is 0. The Hall–Kier alpha value is -0.223. The molecule has 0 fully saturated rings. The summed E-state index contributed by atoms with van der Waals surface area (Å²) in [6.07, 6.45) is 14.9.